The Kier molecular flexibility index (Phi) is 2.39. The second-order valence-corrected chi connectivity index (χ2v) is 4.36. The van der Waals surface area contributed by atoms with Crippen molar-refractivity contribution < 1.29 is 5.11 Å². The smallest absolute Gasteiger partial charge is 0.117 e. The third kappa shape index (κ3) is 1.82. The van der Waals surface area contributed by atoms with Gasteiger partial charge in [0.1, 0.15) is 11.6 Å². The number of phenols is 1. The highest BCUT2D eigenvalue weighted by molar-refractivity contribution is 5.77. The van der Waals surface area contributed by atoms with E-state index < -0.39 is 0 Å². The topological polar surface area (TPSA) is 38.1 Å². The first kappa shape index (κ1) is 10.0. The number of aryl methyl sites for hydroxylation is 1. The molecule has 0 aliphatic heterocycles. The Morgan fingerprint density at radius 1 is 1.40 bits per heavy atom. The predicted molar refractivity (Wildman–Crippen MR) is 60.9 cm³/mol. The lowest BCUT2D eigenvalue weighted by Gasteiger charge is -2.04. The van der Waals surface area contributed by atoms with Crippen LogP contribution in [0.25, 0.3) is 11.0 Å². The van der Waals surface area contributed by atoms with Crippen LogP contribution in [0.4, 0.5) is 0 Å². The maximum Gasteiger partial charge on any atom is 0.117 e. The van der Waals surface area contributed by atoms with Gasteiger partial charge in [-0.25, -0.2) is 4.98 Å². The van der Waals surface area contributed by atoms with Crippen molar-refractivity contribution in [2.24, 2.45) is 13.0 Å². The molecule has 3 heteroatoms. The summed E-state index contributed by atoms with van der Waals surface area (Å²) in [5.41, 5.74) is 1.94. The molecule has 3 nitrogen and oxygen atoms in total. The highest BCUT2D eigenvalue weighted by Gasteiger charge is 2.09. The molecule has 1 aromatic heterocycles. The lowest BCUT2D eigenvalue weighted by molar-refractivity contribution is 0.476. The van der Waals surface area contributed by atoms with Crippen molar-refractivity contribution in [1.82, 2.24) is 9.55 Å². The first-order valence-corrected chi connectivity index (χ1v) is 5.22. The number of rotatable bonds is 2. The molecule has 0 fully saturated rings. The third-order valence-corrected chi connectivity index (χ3v) is 2.55. The van der Waals surface area contributed by atoms with E-state index in [-0.39, 0.29) is 0 Å². The normalized spacial score (nSPS) is 11.5. The van der Waals surface area contributed by atoms with Crippen LogP contribution in [0.1, 0.15) is 19.7 Å². The first-order chi connectivity index (χ1) is 7.08. The van der Waals surface area contributed by atoms with Gasteiger partial charge in [-0.15, -0.1) is 0 Å². The van der Waals surface area contributed by atoms with Gasteiger partial charge < -0.3 is 9.67 Å². The average molecular weight is 204 g/mol. The van der Waals surface area contributed by atoms with E-state index in [1.165, 1.54) is 0 Å². The number of imidazole rings is 1. The van der Waals surface area contributed by atoms with Gasteiger partial charge in [0.25, 0.3) is 0 Å². The summed E-state index contributed by atoms with van der Waals surface area (Å²) in [6, 6.07) is 5.29. The molecule has 80 valence electrons. The zero-order chi connectivity index (χ0) is 11.0. The van der Waals surface area contributed by atoms with Crippen molar-refractivity contribution in [3.05, 3.63) is 24.0 Å². The molecule has 1 aromatic carbocycles. The lowest BCUT2D eigenvalue weighted by Crippen LogP contribution is -2.02. The van der Waals surface area contributed by atoms with Crippen molar-refractivity contribution in [3.8, 4) is 5.75 Å². The van der Waals surface area contributed by atoms with Crippen molar-refractivity contribution in [2.45, 2.75) is 20.3 Å². The van der Waals surface area contributed by atoms with Crippen LogP contribution in [-0.4, -0.2) is 14.7 Å². The molecule has 2 aromatic rings. The Morgan fingerprint density at radius 2 is 2.13 bits per heavy atom. The van der Waals surface area contributed by atoms with E-state index in [1.54, 1.807) is 12.1 Å². The molecule has 1 N–H and O–H groups in total. The van der Waals surface area contributed by atoms with Gasteiger partial charge >= 0.3 is 0 Å². The number of fused-ring (bicyclic) bond motifs is 1. The van der Waals surface area contributed by atoms with Crippen LogP contribution in [0.5, 0.6) is 5.75 Å². The monoisotopic (exact) mass is 204 g/mol. The fourth-order valence-electron chi connectivity index (χ4n) is 1.78. The van der Waals surface area contributed by atoms with Gasteiger partial charge in [0.2, 0.25) is 0 Å². The Bertz CT molecular complexity index is 486. The summed E-state index contributed by atoms with van der Waals surface area (Å²) in [6.07, 6.45) is 0.964. The molecule has 2 rings (SSSR count). The number of phenolic OH excluding ortho intramolecular Hbond substituents is 1. The fraction of sp³-hybridized carbons (Fsp3) is 0.417. The van der Waals surface area contributed by atoms with Gasteiger partial charge in [-0.1, -0.05) is 13.8 Å². The molecule has 0 atom stereocenters. The molecule has 0 amide bonds. The molecule has 15 heavy (non-hydrogen) atoms. The minimum Gasteiger partial charge on any atom is -0.508 e. The Hall–Kier alpha value is -1.51. The Morgan fingerprint density at radius 3 is 2.80 bits per heavy atom. The molecule has 0 aliphatic carbocycles. The van der Waals surface area contributed by atoms with Crippen LogP contribution in [0.2, 0.25) is 0 Å². The number of nitrogens with zero attached hydrogens (tertiary/aromatic N) is 2. The van der Waals surface area contributed by atoms with Crippen LogP contribution < -0.4 is 0 Å². The zero-order valence-electron chi connectivity index (χ0n) is 9.36. The summed E-state index contributed by atoms with van der Waals surface area (Å²) in [6.45, 7) is 4.35. The quantitative estimate of drug-likeness (QED) is 0.816. The highest BCUT2D eigenvalue weighted by Crippen LogP contribution is 2.21. The van der Waals surface area contributed by atoms with Crippen LogP contribution in [-0.2, 0) is 13.5 Å². The van der Waals surface area contributed by atoms with E-state index in [9.17, 15) is 5.11 Å². The fourth-order valence-corrected chi connectivity index (χ4v) is 1.78. The van der Waals surface area contributed by atoms with E-state index in [1.807, 2.05) is 13.1 Å². The minimum absolute atomic E-state index is 0.293. The molecule has 0 unspecified atom stereocenters. The van der Waals surface area contributed by atoms with E-state index in [4.69, 9.17) is 0 Å². The summed E-state index contributed by atoms with van der Waals surface area (Å²) in [7, 11) is 1.99. The Balaban J connectivity index is 2.54. The SMILES string of the molecule is CC(C)Cc1nc2ccc(O)cc2n1C. The van der Waals surface area contributed by atoms with Crippen molar-refractivity contribution >= 4 is 11.0 Å². The van der Waals surface area contributed by atoms with E-state index >= 15 is 0 Å². The zero-order valence-corrected chi connectivity index (χ0v) is 9.36. The molecule has 0 spiro atoms. The number of benzene rings is 1. The first-order valence-electron chi connectivity index (χ1n) is 5.22. The molecule has 0 radical (unpaired) electrons. The van der Waals surface area contributed by atoms with Crippen molar-refractivity contribution in [3.63, 3.8) is 0 Å². The third-order valence-electron chi connectivity index (χ3n) is 2.55. The maximum atomic E-state index is 9.40. The van der Waals surface area contributed by atoms with Gasteiger partial charge in [0.15, 0.2) is 0 Å². The van der Waals surface area contributed by atoms with Crippen LogP contribution in [0.3, 0.4) is 0 Å². The van der Waals surface area contributed by atoms with Crippen LogP contribution in [0, 0.1) is 5.92 Å². The molecule has 1 heterocycles. The number of hydrogen-bond donors (Lipinski definition) is 1. The van der Waals surface area contributed by atoms with E-state index in [0.29, 0.717) is 11.7 Å². The number of hydrogen-bond acceptors (Lipinski definition) is 2. The van der Waals surface area contributed by atoms with Gasteiger partial charge in [0.05, 0.1) is 11.0 Å². The standard InChI is InChI=1S/C12H16N2O/c1-8(2)6-12-13-10-5-4-9(15)7-11(10)14(12)3/h4-5,7-8,15H,6H2,1-3H3. The van der Waals surface area contributed by atoms with Crippen molar-refractivity contribution in [2.75, 3.05) is 0 Å². The molecule has 0 saturated heterocycles. The summed E-state index contributed by atoms with van der Waals surface area (Å²) in [4.78, 5) is 4.55. The summed E-state index contributed by atoms with van der Waals surface area (Å²) in [5, 5.41) is 9.40. The summed E-state index contributed by atoms with van der Waals surface area (Å²) < 4.78 is 2.05. The Labute approximate surface area is 89.4 Å². The minimum atomic E-state index is 0.293. The van der Waals surface area contributed by atoms with E-state index in [2.05, 4.69) is 23.4 Å². The lowest BCUT2D eigenvalue weighted by atomic mass is 10.1. The maximum absolute atomic E-state index is 9.40. The van der Waals surface area contributed by atoms with Gasteiger partial charge in [-0.05, 0) is 18.1 Å². The number of aromatic hydroxyl groups is 1. The molecule has 0 aliphatic rings. The summed E-state index contributed by atoms with van der Waals surface area (Å²) in [5.74, 6) is 1.96. The van der Waals surface area contributed by atoms with Gasteiger partial charge in [-0.2, -0.15) is 0 Å². The van der Waals surface area contributed by atoms with Gasteiger partial charge in [-0.3, -0.25) is 0 Å². The van der Waals surface area contributed by atoms with Crippen molar-refractivity contribution in [1.29, 1.82) is 0 Å². The number of aromatic nitrogens is 2. The van der Waals surface area contributed by atoms with E-state index in [0.717, 1.165) is 23.3 Å². The average Bonchev–Trinajstić information content (AvgIpc) is 2.44. The van der Waals surface area contributed by atoms with Crippen LogP contribution >= 0.6 is 0 Å². The summed E-state index contributed by atoms with van der Waals surface area (Å²) >= 11 is 0. The highest BCUT2D eigenvalue weighted by atomic mass is 16.3. The van der Waals surface area contributed by atoms with Gasteiger partial charge in [0, 0.05) is 19.5 Å². The predicted octanol–water partition coefficient (Wildman–Crippen LogP) is 2.48. The van der Waals surface area contributed by atoms with Crippen LogP contribution in [0.15, 0.2) is 18.2 Å². The molecule has 0 saturated carbocycles. The molecule has 0 bridgehead atoms. The second kappa shape index (κ2) is 3.57. The molecular formula is C12H16N2O. The molecular weight excluding hydrogens is 188 g/mol. The largest absolute Gasteiger partial charge is 0.508 e. The second-order valence-electron chi connectivity index (χ2n) is 4.36.